The lowest BCUT2D eigenvalue weighted by molar-refractivity contribution is -0.334. The van der Waals surface area contributed by atoms with Crippen molar-refractivity contribution < 1.29 is 72.6 Å². The van der Waals surface area contributed by atoms with Crippen LogP contribution < -0.4 is 5.32 Å². The van der Waals surface area contributed by atoms with Crippen LogP contribution in [0.1, 0.15) is 112 Å². The lowest BCUT2D eigenvalue weighted by Gasteiger charge is -2.50. The molecule has 3 heterocycles. The maximum absolute atomic E-state index is 12.8. The van der Waals surface area contributed by atoms with E-state index in [4.69, 9.17) is 33.2 Å². The quantitative estimate of drug-likeness (QED) is 0.0341. The number of methoxy groups -OCH3 is 2. The number of nitrogens with one attached hydrogen (secondary N) is 1. The second-order valence-electron chi connectivity index (χ2n) is 20.4. The number of hydrogen-bond acceptors (Lipinski definition) is 16. The van der Waals surface area contributed by atoms with Crippen molar-refractivity contribution in [1.82, 2.24) is 15.2 Å². The number of nitriles is 1. The van der Waals surface area contributed by atoms with Crippen molar-refractivity contribution in [2.75, 3.05) is 34.9 Å². The van der Waals surface area contributed by atoms with Crippen molar-refractivity contribution in [3.8, 4) is 6.07 Å². The summed E-state index contributed by atoms with van der Waals surface area (Å²) in [6, 6.07) is 0.980. The zero-order chi connectivity index (χ0) is 53.8. The van der Waals surface area contributed by atoms with Gasteiger partial charge in [0.2, 0.25) is 0 Å². The predicted octanol–water partition coefficient (Wildman–Crippen LogP) is 5.08. The molecule has 1 unspecified atom stereocenters. The molecule has 0 aliphatic carbocycles. The molecule has 3 rings (SSSR count). The number of aliphatic hydroxyl groups is 5. The van der Waals surface area contributed by atoms with E-state index in [1.165, 1.54) is 26.6 Å². The van der Waals surface area contributed by atoms with Crippen LogP contribution in [0, 0.1) is 34.5 Å². The fourth-order valence-electron chi connectivity index (χ4n) is 9.34. The zero-order valence-electron chi connectivity index (χ0n) is 44.0. The first-order valence-corrected chi connectivity index (χ1v) is 25.8. The van der Waals surface area contributed by atoms with E-state index < -0.39 is 104 Å². The largest absolute Gasteiger partial charge is 0.469 e. The van der Waals surface area contributed by atoms with Gasteiger partial charge in [-0.2, -0.15) is 5.26 Å². The lowest BCUT2D eigenvalue weighted by Crippen LogP contribution is -2.58. The second kappa shape index (κ2) is 27.2. The predicted molar refractivity (Wildman–Crippen MR) is 267 cm³/mol. The third-order valence-corrected chi connectivity index (χ3v) is 14.7. The number of hydrogen-bond donors (Lipinski definition) is 8. The molecule has 0 saturated carbocycles. The van der Waals surface area contributed by atoms with Gasteiger partial charge in [-0.05, 0) is 71.9 Å². The lowest BCUT2D eigenvalue weighted by atomic mass is 9.72. The summed E-state index contributed by atoms with van der Waals surface area (Å²) < 4.78 is 48.3. The molecule has 1 amide bonds. The van der Waals surface area contributed by atoms with Crippen molar-refractivity contribution in [3.63, 3.8) is 0 Å². The Bertz CT molecular complexity index is 2110. The summed E-state index contributed by atoms with van der Waals surface area (Å²) in [6.07, 6.45) is 4.05. The van der Waals surface area contributed by atoms with E-state index in [9.17, 15) is 44.7 Å². The van der Waals surface area contributed by atoms with Gasteiger partial charge in [-0.25, -0.2) is 9.55 Å². The molecule has 402 valence electrons. The van der Waals surface area contributed by atoms with Gasteiger partial charge in [0.25, 0.3) is 5.91 Å². The molecule has 2 aliphatic rings. The molecule has 71 heavy (non-hydrogen) atoms. The van der Waals surface area contributed by atoms with Crippen molar-refractivity contribution >= 4 is 19.8 Å². The number of nitrogens with zero attached hydrogens (tertiary/aromatic N) is 3. The minimum absolute atomic E-state index is 0.0661. The van der Waals surface area contributed by atoms with Gasteiger partial charge >= 0.3 is 7.82 Å². The smallest absolute Gasteiger partial charge is 0.448 e. The van der Waals surface area contributed by atoms with Gasteiger partial charge in [0.15, 0.2) is 17.8 Å². The first-order chi connectivity index (χ1) is 33.0. The van der Waals surface area contributed by atoms with Crippen LogP contribution in [0.5, 0.6) is 0 Å². The molecule has 20 heteroatoms. The highest BCUT2D eigenvalue weighted by Crippen LogP contribution is 2.59. The molecule has 2 aliphatic heterocycles. The molecular formula is C51H83N4O15P. The number of oxazole rings is 1. The molecule has 2 saturated heterocycles. The zero-order valence-corrected chi connectivity index (χ0v) is 44.9. The van der Waals surface area contributed by atoms with Crippen LogP contribution in [0.25, 0.3) is 6.08 Å². The van der Waals surface area contributed by atoms with Crippen LogP contribution >= 0.6 is 7.82 Å². The molecule has 0 bridgehead atoms. The van der Waals surface area contributed by atoms with E-state index in [1.807, 2.05) is 78.0 Å². The summed E-state index contributed by atoms with van der Waals surface area (Å²) >= 11 is 0. The fraction of sp³-hybridized carbons (Fsp3) is 0.706. The minimum atomic E-state index is -5.16. The Morgan fingerprint density at radius 1 is 1.06 bits per heavy atom. The number of phosphoric ester groups is 1. The maximum atomic E-state index is 12.8. The number of amides is 1. The van der Waals surface area contributed by atoms with Gasteiger partial charge in [-0.1, -0.05) is 77.5 Å². The van der Waals surface area contributed by atoms with Crippen LogP contribution in [0.3, 0.4) is 0 Å². The molecule has 2 fully saturated rings. The van der Waals surface area contributed by atoms with E-state index in [0.717, 1.165) is 16.7 Å². The van der Waals surface area contributed by atoms with Gasteiger partial charge in [-0.15, -0.1) is 0 Å². The van der Waals surface area contributed by atoms with E-state index in [2.05, 4.69) is 10.3 Å². The molecule has 1 aromatic heterocycles. The molecule has 1 aromatic rings. The van der Waals surface area contributed by atoms with E-state index in [0.29, 0.717) is 18.0 Å². The first kappa shape index (κ1) is 61.9. The molecule has 0 radical (unpaired) electrons. The van der Waals surface area contributed by atoms with Crippen molar-refractivity contribution in [1.29, 1.82) is 5.26 Å². The monoisotopic (exact) mass is 1020 g/mol. The Kier molecular flexibility index (Phi) is 23.7. The second-order valence-corrected chi connectivity index (χ2v) is 21.6. The number of aromatic nitrogens is 1. The molecule has 0 aromatic carbocycles. The number of ether oxygens (including phenoxy) is 4. The van der Waals surface area contributed by atoms with Crippen LogP contribution in [-0.4, -0.2) is 159 Å². The summed E-state index contributed by atoms with van der Waals surface area (Å²) in [5.74, 6) is -3.67. The summed E-state index contributed by atoms with van der Waals surface area (Å²) in [4.78, 5) is 39.5. The summed E-state index contributed by atoms with van der Waals surface area (Å²) in [6.45, 7) is 18.2. The van der Waals surface area contributed by atoms with Crippen LogP contribution in [0.4, 0.5) is 0 Å². The number of rotatable bonds is 26. The van der Waals surface area contributed by atoms with Crippen molar-refractivity contribution in [2.45, 2.75) is 174 Å². The molecular weight excluding hydrogens is 940 g/mol. The Morgan fingerprint density at radius 2 is 1.72 bits per heavy atom. The molecule has 19 nitrogen and oxygen atoms in total. The van der Waals surface area contributed by atoms with Gasteiger partial charge in [0, 0.05) is 68.3 Å². The average Bonchev–Trinajstić information content (AvgIpc) is 3.84. The Balaban J connectivity index is 1.76. The third-order valence-electron chi connectivity index (χ3n) is 14.2. The topological polar surface area (TPSA) is 287 Å². The van der Waals surface area contributed by atoms with E-state index >= 15 is 0 Å². The van der Waals surface area contributed by atoms with Crippen LogP contribution in [0.15, 0.2) is 63.9 Å². The van der Waals surface area contributed by atoms with Gasteiger partial charge in [0.1, 0.15) is 30.3 Å². The highest BCUT2D eigenvalue weighted by atomic mass is 31.2. The van der Waals surface area contributed by atoms with Gasteiger partial charge < -0.3 is 68.9 Å². The van der Waals surface area contributed by atoms with Crippen LogP contribution in [0.2, 0.25) is 0 Å². The van der Waals surface area contributed by atoms with E-state index in [1.54, 1.807) is 52.8 Å². The normalized spacial score (nSPS) is 27.8. The van der Waals surface area contributed by atoms with Gasteiger partial charge in [0.05, 0.1) is 49.2 Å². The SMILES string of the molecule is COC[C@@H]([C@H](O)[C@H](O)C(=O)N[C@H](C)C[C@H](C)c1nc(/C=C/CC2O[C@]3(C[C@@H](O)[C@@H]2C)O[C@H]([C@H](C[C@H](O)[C@H](C)[C@H](O)[C@H](C)/C=C(C)/C(C)=C/C=C/C(C)=C\C#N)OC)[C@H](OP(=O)(O)O)C3(C)C)co1)N(C)C. The van der Waals surface area contributed by atoms with Gasteiger partial charge in [-0.3, -0.25) is 9.32 Å². The third kappa shape index (κ3) is 16.8. The summed E-state index contributed by atoms with van der Waals surface area (Å²) in [5, 5.41) is 67.4. The molecule has 16 atom stereocenters. The highest BCUT2D eigenvalue weighted by Gasteiger charge is 2.68. The van der Waals surface area contributed by atoms with E-state index in [-0.39, 0.29) is 37.7 Å². The van der Waals surface area contributed by atoms with Crippen LogP contribution in [-0.2, 0) is 32.8 Å². The summed E-state index contributed by atoms with van der Waals surface area (Å²) in [7, 11) is 1.13. The number of carbonyl (C=O) groups excluding carboxylic acids is 1. The van der Waals surface area contributed by atoms with Crippen molar-refractivity contribution in [2.24, 2.45) is 23.2 Å². The fourth-order valence-corrected chi connectivity index (χ4v) is 10.0. The highest BCUT2D eigenvalue weighted by molar-refractivity contribution is 7.46. The Labute approximate surface area is 420 Å². The Hall–Kier alpha value is -3.42. The number of likely N-dealkylation sites (N-methyl/N-ethyl adjacent to an activating group) is 1. The number of phosphoric acid groups is 1. The molecule has 8 N–H and O–H groups in total. The summed E-state index contributed by atoms with van der Waals surface area (Å²) in [5.41, 5.74) is 1.87. The average molecular weight is 1020 g/mol. The van der Waals surface area contributed by atoms with Crippen molar-refractivity contribution in [3.05, 3.63) is 71.0 Å². The number of allylic oxidation sites excluding steroid dienone is 7. The standard InChI is InChI=1S/C51H83N4O15P/c1-29(21-22-52)17-15-18-30(2)31(3)23-32(4)43(58)36(8)39(56)25-42(66-14)46-47(70-71(62,63)64)50(9,10)51(69-46)26-40(57)35(7)41(68-51)20-16-19-37-27-67-49(54-37)33(5)24-34(6)53-48(61)45(60)44(59)38(28-65-13)55(11)12/h15-19,21,23,27,32-36,38-47,56-60H,20,24-26,28H2,1-14H3,(H,53,61)(H2,62,63,64)/b17-15+,19-16+,29-21-,30-18+,31-23+/t32-,33+,34-,35+,36+,38+,39+,40-,41?,42+,43-,44+,45+,46-,47+,51-/m1/s1. The number of aliphatic hydroxyl groups excluding tert-OH is 5. The maximum Gasteiger partial charge on any atom is 0.469 e. The number of carbonyl (C=O) groups is 1. The molecule has 1 spiro atoms. The minimum Gasteiger partial charge on any atom is -0.448 e. The Morgan fingerprint density at radius 3 is 2.31 bits per heavy atom. The first-order valence-electron chi connectivity index (χ1n) is 24.2.